The van der Waals surface area contributed by atoms with Gasteiger partial charge in [-0.15, -0.1) is 0 Å². The topological polar surface area (TPSA) is 71.1 Å². The van der Waals surface area contributed by atoms with Crippen LogP contribution in [0.2, 0.25) is 0 Å². The van der Waals surface area contributed by atoms with Gasteiger partial charge < -0.3 is 19.7 Å². The van der Waals surface area contributed by atoms with E-state index in [1.54, 1.807) is 18.2 Å². The van der Waals surface area contributed by atoms with Crippen LogP contribution in [-0.2, 0) is 17.8 Å². The minimum absolute atomic E-state index is 0.0169. The SMILES string of the molecule is COc1ccc(CN2CCN(C(=O)c3ccc(CNC(=O)OC(C)(C)C)cc3)CC2)cc1F. The molecule has 0 aromatic heterocycles. The Morgan fingerprint density at radius 1 is 1.00 bits per heavy atom. The van der Waals surface area contributed by atoms with Crippen molar-refractivity contribution in [2.45, 2.75) is 39.5 Å². The number of alkyl carbamates (subject to hydrolysis) is 1. The first-order valence-corrected chi connectivity index (χ1v) is 11.0. The molecular formula is C25H32FN3O4. The first kappa shape index (κ1) is 24.5. The molecule has 1 aliphatic heterocycles. The van der Waals surface area contributed by atoms with Gasteiger partial charge in [-0.2, -0.15) is 0 Å². The van der Waals surface area contributed by atoms with Crippen molar-refractivity contribution < 1.29 is 23.5 Å². The van der Waals surface area contributed by atoms with Gasteiger partial charge >= 0.3 is 6.09 Å². The Balaban J connectivity index is 1.47. The Bertz CT molecular complexity index is 965. The number of methoxy groups -OCH3 is 1. The van der Waals surface area contributed by atoms with Gasteiger partial charge in [0.05, 0.1) is 7.11 Å². The van der Waals surface area contributed by atoms with Crippen molar-refractivity contribution in [3.05, 3.63) is 65.0 Å². The molecular weight excluding hydrogens is 425 g/mol. The van der Waals surface area contributed by atoms with Crippen LogP contribution in [0.15, 0.2) is 42.5 Å². The van der Waals surface area contributed by atoms with E-state index in [0.717, 1.165) is 24.2 Å². The van der Waals surface area contributed by atoms with Gasteiger partial charge in [0.2, 0.25) is 0 Å². The minimum atomic E-state index is -0.546. The van der Waals surface area contributed by atoms with Gasteiger partial charge in [0.1, 0.15) is 5.60 Å². The first-order valence-electron chi connectivity index (χ1n) is 11.0. The average molecular weight is 458 g/mol. The molecule has 2 aromatic carbocycles. The molecule has 0 bridgehead atoms. The number of piperazine rings is 1. The summed E-state index contributed by atoms with van der Waals surface area (Å²) in [6.07, 6.45) is -0.474. The molecule has 1 saturated heterocycles. The Morgan fingerprint density at radius 2 is 1.64 bits per heavy atom. The molecule has 0 spiro atoms. The predicted molar refractivity (Wildman–Crippen MR) is 124 cm³/mol. The second-order valence-electron chi connectivity index (χ2n) is 9.09. The second-order valence-corrected chi connectivity index (χ2v) is 9.09. The van der Waals surface area contributed by atoms with Crippen LogP contribution in [0.5, 0.6) is 5.75 Å². The largest absolute Gasteiger partial charge is 0.494 e. The molecule has 1 heterocycles. The Hall–Kier alpha value is -3.13. The van der Waals surface area contributed by atoms with E-state index in [2.05, 4.69) is 10.2 Å². The van der Waals surface area contributed by atoms with Crippen LogP contribution in [0, 0.1) is 5.82 Å². The summed E-state index contributed by atoms with van der Waals surface area (Å²) in [7, 11) is 1.45. The molecule has 178 valence electrons. The van der Waals surface area contributed by atoms with E-state index in [9.17, 15) is 14.0 Å². The molecule has 33 heavy (non-hydrogen) atoms. The van der Waals surface area contributed by atoms with Crippen LogP contribution in [-0.4, -0.2) is 60.7 Å². The van der Waals surface area contributed by atoms with Crippen LogP contribution < -0.4 is 10.1 Å². The second kappa shape index (κ2) is 10.7. The maximum atomic E-state index is 13.9. The molecule has 2 aromatic rings. The quantitative estimate of drug-likeness (QED) is 0.714. The highest BCUT2D eigenvalue weighted by molar-refractivity contribution is 5.94. The van der Waals surface area contributed by atoms with E-state index in [1.165, 1.54) is 13.2 Å². The van der Waals surface area contributed by atoms with E-state index < -0.39 is 11.7 Å². The third-order valence-corrected chi connectivity index (χ3v) is 5.32. The summed E-state index contributed by atoms with van der Waals surface area (Å²) in [5.41, 5.74) is 1.83. The standard InChI is InChI=1S/C25H32FN3O4/c1-25(2,3)33-24(31)27-16-18-5-8-20(9-6-18)23(30)29-13-11-28(12-14-29)17-19-7-10-22(32-4)21(26)15-19/h5-10,15H,11-14,16-17H2,1-4H3,(H,27,31). The number of benzene rings is 2. The van der Waals surface area contributed by atoms with E-state index in [0.29, 0.717) is 31.7 Å². The lowest BCUT2D eigenvalue weighted by molar-refractivity contribution is 0.0522. The zero-order valence-electron chi connectivity index (χ0n) is 19.7. The smallest absolute Gasteiger partial charge is 0.407 e. The van der Waals surface area contributed by atoms with Crippen molar-refractivity contribution in [1.29, 1.82) is 0 Å². The average Bonchev–Trinajstić information content (AvgIpc) is 2.77. The molecule has 2 amide bonds. The molecule has 3 rings (SSSR count). The summed E-state index contributed by atoms with van der Waals surface area (Å²) < 4.78 is 24.1. The van der Waals surface area contributed by atoms with Crippen LogP contribution in [0.25, 0.3) is 0 Å². The summed E-state index contributed by atoms with van der Waals surface area (Å²) in [4.78, 5) is 28.7. The van der Waals surface area contributed by atoms with Gasteiger partial charge in [-0.1, -0.05) is 18.2 Å². The summed E-state index contributed by atoms with van der Waals surface area (Å²) in [5.74, 6) is -0.147. The maximum absolute atomic E-state index is 13.9. The molecule has 0 unspecified atom stereocenters. The normalized spacial score (nSPS) is 14.6. The summed E-state index contributed by atoms with van der Waals surface area (Å²) in [6.45, 7) is 9.05. The van der Waals surface area contributed by atoms with Crippen LogP contribution in [0.1, 0.15) is 42.3 Å². The highest BCUT2D eigenvalue weighted by Crippen LogP contribution is 2.19. The molecule has 8 heteroatoms. The number of nitrogens with one attached hydrogen (secondary N) is 1. The van der Waals surface area contributed by atoms with Crippen molar-refractivity contribution in [3.8, 4) is 5.75 Å². The fourth-order valence-corrected chi connectivity index (χ4v) is 3.61. The Labute approximate surface area is 194 Å². The summed E-state index contributed by atoms with van der Waals surface area (Å²) in [5, 5.41) is 2.71. The molecule has 0 aliphatic carbocycles. The van der Waals surface area contributed by atoms with Gasteiger partial charge in [-0.05, 0) is 56.2 Å². The van der Waals surface area contributed by atoms with Crippen molar-refractivity contribution in [2.24, 2.45) is 0 Å². The maximum Gasteiger partial charge on any atom is 0.407 e. The molecule has 7 nitrogen and oxygen atoms in total. The number of hydrogen-bond acceptors (Lipinski definition) is 5. The van der Waals surface area contributed by atoms with E-state index in [-0.39, 0.29) is 17.5 Å². The number of carbonyl (C=O) groups excluding carboxylic acids is 2. The van der Waals surface area contributed by atoms with Crippen molar-refractivity contribution in [3.63, 3.8) is 0 Å². The lowest BCUT2D eigenvalue weighted by Gasteiger charge is -2.34. The molecule has 1 fully saturated rings. The number of carbonyl (C=O) groups is 2. The highest BCUT2D eigenvalue weighted by atomic mass is 19.1. The Morgan fingerprint density at radius 3 is 2.21 bits per heavy atom. The van der Waals surface area contributed by atoms with Crippen LogP contribution in [0.3, 0.4) is 0 Å². The van der Waals surface area contributed by atoms with Crippen LogP contribution in [0.4, 0.5) is 9.18 Å². The summed E-state index contributed by atoms with van der Waals surface area (Å²) in [6, 6.07) is 12.2. The van der Waals surface area contributed by atoms with Crippen molar-refractivity contribution in [2.75, 3.05) is 33.3 Å². The third-order valence-electron chi connectivity index (χ3n) is 5.32. The van der Waals surface area contributed by atoms with E-state index >= 15 is 0 Å². The van der Waals surface area contributed by atoms with Gasteiger partial charge in [0.15, 0.2) is 11.6 Å². The molecule has 1 N–H and O–H groups in total. The zero-order valence-corrected chi connectivity index (χ0v) is 19.7. The lowest BCUT2D eigenvalue weighted by Crippen LogP contribution is -2.48. The number of nitrogens with zero attached hydrogens (tertiary/aromatic N) is 2. The number of amides is 2. The number of halogens is 1. The van der Waals surface area contributed by atoms with Gasteiger partial charge in [0, 0.05) is 44.8 Å². The number of ether oxygens (including phenoxy) is 2. The molecule has 0 saturated carbocycles. The molecule has 0 atom stereocenters. The fraction of sp³-hybridized carbons (Fsp3) is 0.440. The number of hydrogen-bond donors (Lipinski definition) is 1. The van der Waals surface area contributed by atoms with Gasteiger partial charge in [-0.3, -0.25) is 9.69 Å². The fourth-order valence-electron chi connectivity index (χ4n) is 3.61. The zero-order chi connectivity index (χ0) is 24.0. The summed E-state index contributed by atoms with van der Waals surface area (Å²) >= 11 is 0. The third kappa shape index (κ3) is 7.18. The first-order chi connectivity index (χ1) is 15.6. The predicted octanol–water partition coefficient (Wildman–Crippen LogP) is 3.82. The molecule has 0 radical (unpaired) electrons. The molecule has 1 aliphatic rings. The van der Waals surface area contributed by atoms with Gasteiger partial charge in [-0.25, -0.2) is 9.18 Å². The van der Waals surface area contributed by atoms with Crippen molar-refractivity contribution in [1.82, 2.24) is 15.1 Å². The van der Waals surface area contributed by atoms with Gasteiger partial charge in [0.25, 0.3) is 5.91 Å². The minimum Gasteiger partial charge on any atom is -0.494 e. The highest BCUT2D eigenvalue weighted by Gasteiger charge is 2.22. The lowest BCUT2D eigenvalue weighted by atomic mass is 10.1. The van der Waals surface area contributed by atoms with Crippen molar-refractivity contribution >= 4 is 12.0 Å². The van der Waals surface area contributed by atoms with E-state index in [1.807, 2.05) is 43.9 Å². The number of rotatable bonds is 6. The van der Waals surface area contributed by atoms with E-state index in [4.69, 9.17) is 9.47 Å². The monoisotopic (exact) mass is 457 g/mol. The Kier molecular flexibility index (Phi) is 7.92. The van der Waals surface area contributed by atoms with Crippen LogP contribution >= 0.6 is 0 Å².